The molecule has 0 fully saturated rings. The number of nitrogens with one attached hydrogen (secondary N) is 1. The minimum absolute atomic E-state index is 0.118. The largest absolute Gasteiger partial charge is 0.379 e. The molecule has 30 heavy (non-hydrogen) atoms. The minimum Gasteiger partial charge on any atom is -0.379 e. The lowest BCUT2D eigenvalue weighted by atomic mass is 10.1. The summed E-state index contributed by atoms with van der Waals surface area (Å²) in [5, 5.41) is 4.13. The summed E-state index contributed by atoms with van der Waals surface area (Å²) in [5.41, 5.74) is 2.86. The van der Waals surface area contributed by atoms with Crippen molar-refractivity contribution in [3.05, 3.63) is 95.2 Å². The molecule has 4 rings (SSSR count). The number of hydrogen-bond acceptors (Lipinski definition) is 4. The van der Waals surface area contributed by atoms with E-state index in [0.717, 1.165) is 11.3 Å². The maximum atomic E-state index is 14.7. The highest BCUT2D eigenvalue weighted by atomic mass is 35.5. The van der Waals surface area contributed by atoms with Gasteiger partial charge in [-0.05, 0) is 48.0 Å². The second-order valence-electron chi connectivity index (χ2n) is 6.74. The van der Waals surface area contributed by atoms with Gasteiger partial charge in [0, 0.05) is 48.8 Å². The molecule has 7 heteroatoms. The van der Waals surface area contributed by atoms with E-state index in [1.165, 1.54) is 6.20 Å². The van der Waals surface area contributed by atoms with E-state index in [4.69, 9.17) is 11.6 Å². The van der Waals surface area contributed by atoms with Crippen LogP contribution in [-0.4, -0.2) is 22.9 Å². The summed E-state index contributed by atoms with van der Waals surface area (Å²) in [7, 11) is 1.72. The van der Waals surface area contributed by atoms with Crippen LogP contribution in [0.5, 0.6) is 0 Å². The average Bonchev–Trinajstić information content (AvgIpc) is 2.79. The van der Waals surface area contributed by atoms with Gasteiger partial charge in [-0.25, -0.2) is 4.39 Å². The fraction of sp³-hybridized carbons (Fsp3) is 0.0870. The molecule has 2 aromatic heterocycles. The van der Waals surface area contributed by atoms with Crippen LogP contribution < -0.4 is 10.2 Å². The Bertz CT molecular complexity index is 1200. The zero-order valence-corrected chi connectivity index (χ0v) is 16.9. The fourth-order valence-electron chi connectivity index (χ4n) is 3.13. The van der Waals surface area contributed by atoms with Crippen LogP contribution in [0, 0.1) is 5.82 Å². The highest BCUT2D eigenvalue weighted by Gasteiger charge is 2.13. The molecule has 2 heterocycles. The molecular weight excluding hydrogens is 403 g/mol. The van der Waals surface area contributed by atoms with E-state index in [0.29, 0.717) is 28.2 Å². The van der Waals surface area contributed by atoms with Crippen LogP contribution in [0.3, 0.4) is 0 Å². The van der Waals surface area contributed by atoms with Crippen molar-refractivity contribution in [2.24, 2.45) is 0 Å². The van der Waals surface area contributed by atoms with Gasteiger partial charge in [-0.3, -0.25) is 14.8 Å². The highest BCUT2D eigenvalue weighted by molar-refractivity contribution is 6.35. The predicted octanol–water partition coefficient (Wildman–Crippen LogP) is 5.31. The fourth-order valence-corrected chi connectivity index (χ4v) is 3.34. The van der Waals surface area contributed by atoms with Crippen molar-refractivity contribution in [2.75, 3.05) is 17.3 Å². The van der Waals surface area contributed by atoms with E-state index in [2.05, 4.69) is 15.3 Å². The molecule has 5 nitrogen and oxygen atoms in total. The molecule has 1 amide bonds. The van der Waals surface area contributed by atoms with E-state index in [1.54, 1.807) is 54.7 Å². The second kappa shape index (κ2) is 8.47. The third-order valence-electron chi connectivity index (χ3n) is 4.84. The van der Waals surface area contributed by atoms with Crippen molar-refractivity contribution in [3.8, 4) is 0 Å². The molecular formula is C23H18ClFN4O. The molecule has 1 N–H and O–H groups in total. The number of carbonyl (C=O) groups excluding carboxylic acids is 1. The standard InChI is InChI=1S/C23H18ClFN4O/c1-29(23(30)16-8-11-26-12-9-16)17-4-2-15(3-5-17)14-28-20-7-6-18-19(24)10-13-27-22(18)21(20)25/h2-13,28H,14H2,1H3. The van der Waals surface area contributed by atoms with Crippen molar-refractivity contribution in [1.82, 2.24) is 9.97 Å². The lowest BCUT2D eigenvalue weighted by Crippen LogP contribution is -2.26. The smallest absolute Gasteiger partial charge is 0.258 e. The van der Waals surface area contributed by atoms with Crippen LogP contribution in [0.2, 0.25) is 5.02 Å². The number of benzene rings is 2. The van der Waals surface area contributed by atoms with Crippen LogP contribution in [0.1, 0.15) is 15.9 Å². The molecule has 150 valence electrons. The van der Waals surface area contributed by atoms with Gasteiger partial charge in [0.2, 0.25) is 0 Å². The second-order valence-corrected chi connectivity index (χ2v) is 7.14. The van der Waals surface area contributed by atoms with E-state index in [9.17, 15) is 9.18 Å². The summed E-state index contributed by atoms with van der Waals surface area (Å²) < 4.78 is 14.7. The molecule has 2 aromatic carbocycles. The molecule has 0 radical (unpaired) electrons. The summed E-state index contributed by atoms with van der Waals surface area (Å²) in [6, 6.07) is 15.9. The van der Waals surface area contributed by atoms with Gasteiger partial charge in [-0.1, -0.05) is 23.7 Å². The van der Waals surface area contributed by atoms with Crippen LogP contribution in [0.25, 0.3) is 10.9 Å². The van der Waals surface area contributed by atoms with Crippen LogP contribution in [0.4, 0.5) is 15.8 Å². The zero-order chi connectivity index (χ0) is 21.1. The number of amides is 1. The topological polar surface area (TPSA) is 58.1 Å². The molecule has 0 aliphatic rings. The summed E-state index contributed by atoms with van der Waals surface area (Å²) in [6.07, 6.45) is 4.66. The Kier molecular flexibility index (Phi) is 5.59. The van der Waals surface area contributed by atoms with Gasteiger partial charge in [0.15, 0.2) is 5.82 Å². The highest BCUT2D eigenvalue weighted by Crippen LogP contribution is 2.28. The Balaban J connectivity index is 1.46. The van der Waals surface area contributed by atoms with Crippen LogP contribution in [0.15, 0.2) is 73.2 Å². The number of carbonyl (C=O) groups is 1. The number of fused-ring (bicyclic) bond motifs is 1. The van der Waals surface area contributed by atoms with Gasteiger partial charge < -0.3 is 10.2 Å². The van der Waals surface area contributed by atoms with E-state index in [-0.39, 0.29) is 11.4 Å². The van der Waals surface area contributed by atoms with Crippen molar-refractivity contribution in [2.45, 2.75) is 6.54 Å². The van der Waals surface area contributed by atoms with Crippen LogP contribution >= 0.6 is 11.6 Å². The molecule has 0 aliphatic heterocycles. The number of pyridine rings is 2. The maximum absolute atomic E-state index is 14.7. The third-order valence-corrected chi connectivity index (χ3v) is 5.17. The molecule has 0 bridgehead atoms. The van der Waals surface area contributed by atoms with E-state index >= 15 is 0 Å². The molecule has 4 aromatic rings. The first kappa shape index (κ1) is 19.8. The zero-order valence-electron chi connectivity index (χ0n) is 16.1. The molecule has 0 unspecified atom stereocenters. The van der Waals surface area contributed by atoms with Crippen molar-refractivity contribution in [1.29, 1.82) is 0 Å². The lowest BCUT2D eigenvalue weighted by molar-refractivity contribution is 0.0993. The Morgan fingerprint density at radius 2 is 1.77 bits per heavy atom. The molecule has 0 atom stereocenters. The normalized spacial score (nSPS) is 10.8. The first-order valence-electron chi connectivity index (χ1n) is 9.28. The summed E-state index contributed by atoms with van der Waals surface area (Å²) in [6.45, 7) is 0.422. The first-order valence-corrected chi connectivity index (χ1v) is 9.66. The Morgan fingerprint density at radius 1 is 1.03 bits per heavy atom. The van der Waals surface area contributed by atoms with E-state index in [1.807, 2.05) is 24.3 Å². The predicted molar refractivity (Wildman–Crippen MR) is 117 cm³/mol. The number of anilines is 2. The van der Waals surface area contributed by atoms with Gasteiger partial charge in [-0.2, -0.15) is 0 Å². The molecule has 0 saturated heterocycles. The van der Waals surface area contributed by atoms with Crippen molar-refractivity contribution >= 4 is 39.8 Å². The quantitative estimate of drug-likeness (QED) is 0.475. The SMILES string of the molecule is CN(C(=O)c1ccncc1)c1ccc(CNc2ccc3c(Cl)ccnc3c2F)cc1. The van der Waals surface area contributed by atoms with Gasteiger partial charge in [0.05, 0.1) is 10.7 Å². The van der Waals surface area contributed by atoms with Gasteiger partial charge >= 0.3 is 0 Å². The van der Waals surface area contributed by atoms with Gasteiger partial charge in [-0.15, -0.1) is 0 Å². The molecule has 0 saturated carbocycles. The summed E-state index contributed by atoms with van der Waals surface area (Å²) >= 11 is 6.10. The van der Waals surface area contributed by atoms with Crippen molar-refractivity contribution in [3.63, 3.8) is 0 Å². The third kappa shape index (κ3) is 3.95. The number of rotatable bonds is 5. The van der Waals surface area contributed by atoms with Crippen LogP contribution in [-0.2, 0) is 6.54 Å². The Hall–Kier alpha value is -3.51. The number of halogens is 2. The molecule has 0 aliphatic carbocycles. The maximum Gasteiger partial charge on any atom is 0.258 e. The van der Waals surface area contributed by atoms with Crippen molar-refractivity contribution < 1.29 is 9.18 Å². The summed E-state index contributed by atoms with van der Waals surface area (Å²) in [4.78, 5) is 22.1. The van der Waals surface area contributed by atoms with Gasteiger partial charge in [0.1, 0.15) is 5.52 Å². The Labute approximate surface area is 178 Å². The monoisotopic (exact) mass is 420 g/mol. The summed E-state index contributed by atoms with van der Waals surface area (Å²) in [5.74, 6) is -0.554. The number of hydrogen-bond donors (Lipinski definition) is 1. The van der Waals surface area contributed by atoms with Gasteiger partial charge in [0.25, 0.3) is 5.91 Å². The van der Waals surface area contributed by atoms with E-state index < -0.39 is 5.82 Å². The first-order chi connectivity index (χ1) is 14.5. The number of aromatic nitrogens is 2. The Morgan fingerprint density at radius 3 is 2.50 bits per heavy atom. The minimum atomic E-state index is -0.436. The number of nitrogens with zero attached hydrogens (tertiary/aromatic N) is 3. The average molecular weight is 421 g/mol. The lowest BCUT2D eigenvalue weighted by Gasteiger charge is -2.18. The molecule has 0 spiro atoms.